The van der Waals surface area contributed by atoms with Gasteiger partial charge in [-0.25, -0.2) is 4.98 Å². The second kappa shape index (κ2) is 5.61. The zero-order chi connectivity index (χ0) is 15.9. The number of halogens is 3. The number of rotatable bonds is 1. The first kappa shape index (κ1) is 15.4. The monoisotopic (exact) mass is 314 g/mol. The fourth-order valence-corrected chi connectivity index (χ4v) is 3.22. The van der Waals surface area contributed by atoms with E-state index in [1.54, 1.807) is 0 Å². The van der Waals surface area contributed by atoms with Gasteiger partial charge in [0.1, 0.15) is 0 Å². The summed E-state index contributed by atoms with van der Waals surface area (Å²) in [4.78, 5) is 8.70. The van der Waals surface area contributed by atoms with Crippen LogP contribution in [0.25, 0.3) is 0 Å². The molecule has 0 spiro atoms. The summed E-state index contributed by atoms with van der Waals surface area (Å²) in [6.07, 6.45) is -2.51. The van der Waals surface area contributed by atoms with Gasteiger partial charge in [0.05, 0.1) is 11.3 Å². The van der Waals surface area contributed by atoms with Crippen LogP contribution in [-0.2, 0) is 6.18 Å². The van der Waals surface area contributed by atoms with Crippen LogP contribution in [0.15, 0.2) is 12.3 Å². The molecule has 0 amide bonds. The van der Waals surface area contributed by atoms with Gasteiger partial charge in [0.2, 0.25) is 0 Å². The van der Waals surface area contributed by atoms with E-state index < -0.39 is 11.7 Å². The van der Waals surface area contributed by atoms with Crippen LogP contribution in [0, 0.1) is 0 Å². The van der Waals surface area contributed by atoms with E-state index in [2.05, 4.69) is 33.9 Å². The molecule has 1 saturated heterocycles. The second-order valence-electron chi connectivity index (χ2n) is 6.24. The quantitative estimate of drug-likeness (QED) is 0.864. The van der Waals surface area contributed by atoms with E-state index >= 15 is 0 Å². The van der Waals surface area contributed by atoms with Crippen LogP contribution in [0.5, 0.6) is 0 Å². The number of anilines is 2. The fourth-order valence-electron chi connectivity index (χ4n) is 3.22. The Kier molecular flexibility index (Phi) is 3.92. The predicted octanol–water partition coefficient (Wildman–Crippen LogP) is 2.82. The number of fused-ring (bicyclic) bond motifs is 3. The number of alkyl halides is 3. The van der Waals surface area contributed by atoms with E-state index in [4.69, 9.17) is 0 Å². The van der Waals surface area contributed by atoms with Crippen molar-refractivity contribution in [2.24, 2.45) is 0 Å². The lowest BCUT2D eigenvalue weighted by atomic mass is 10.1. The van der Waals surface area contributed by atoms with Gasteiger partial charge in [0.25, 0.3) is 0 Å². The summed E-state index contributed by atoms with van der Waals surface area (Å²) in [5.41, 5.74) is -0.201. The normalized spacial score (nSPS) is 22.8. The summed E-state index contributed by atoms with van der Waals surface area (Å²) in [7, 11) is 0. The van der Waals surface area contributed by atoms with Crippen molar-refractivity contribution >= 4 is 11.5 Å². The highest BCUT2D eigenvalue weighted by Crippen LogP contribution is 2.36. The molecule has 0 bridgehead atoms. The molecule has 4 nitrogen and oxygen atoms in total. The summed E-state index contributed by atoms with van der Waals surface area (Å²) in [6.45, 7) is 7.66. The lowest BCUT2D eigenvalue weighted by Crippen LogP contribution is -2.55. The third-order valence-corrected chi connectivity index (χ3v) is 4.50. The Balaban J connectivity index is 1.89. The SMILES string of the molecule is CC(C)N1CCN2c3ncc(C(F)(F)F)cc3NCCC2C1. The molecule has 1 atom stereocenters. The summed E-state index contributed by atoms with van der Waals surface area (Å²) in [6, 6.07) is 1.96. The Hall–Kier alpha value is -1.50. The third-order valence-electron chi connectivity index (χ3n) is 4.50. The standard InChI is InChI=1S/C15H21F3N4/c1-10(2)21-5-6-22-12(9-21)3-4-19-13-7-11(15(16,17)18)8-20-14(13)22/h7-8,10,12,19H,3-6,9H2,1-2H3. The van der Waals surface area contributed by atoms with Crippen LogP contribution in [0.4, 0.5) is 24.7 Å². The first-order valence-electron chi connectivity index (χ1n) is 7.68. The summed E-state index contributed by atoms with van der Waals surface area (Å²) in [5.74, 6) is 0.652. The molecule has 0 radical (unpaired) electrons. The Labute approximate surface area is 128 Å². The molecule has 3 rings (SSSR count). The minimum Gasteiger partial charge on any atom is -0.382 e. The summed E-state index contributed by atoms with van der Waals surface area (Å²) in [5, 5.41) is 3.12. The molecule has 0 saturated carbocycles. The maximum absolute atomic E-state index is 12.8. The molecule has 2 aliphatic rings. The maximum Gasteiger partial charge on any atom is 0.417 e. The molecule has 1 aromatic heterocycles. The van der Waals surface area contributed by atoms with Crippen molar-refractivity contribution in [3.8, 4) is 0 Å². The van der Waals surface area contributed by atoms with E-state index in [0.717, 1.165) is 32.3 Å². The van der Waals surface area contributed by atoms with Crippen LogP contribution in [0.3, 0.4) is 0 Å². The molecule has 2 aliphatic heterocycles. The van der Waals surface area contributed by atoms with Gasteiger partial charge in [-0.1, -0.05) is 0 Å². The molecule has 1 unspecified atom stereocenters. The number of aromatic nitrogens is 1. The number of pyridine rings is 1. The van der Waals surface area contributed by atoms with Gasteiger partial charge >= 0.3 is 6.18 Å². The average molecular weight is 314 g/mol. The lowest BCUT2D eigenvalue weighted by Gasteiger charge is -2.43. The Morgan fingerprint density at radius 2 is 2.09 bits per heavy atom. The molecule has 1 fully saturated rings. The second-order valence-corrected chi connectivity index (χ2v) is 6.24. The van der Waals surface area contributed by atoms with Crippen molar-refractivity contribution in [1.82, 2.24) is 9.88 Å². The number of hydrogen-bond acceptors (Lipinski definition) is 4. The van der Waals surface area contributed by atoms with Gasteiger partial charge < -0.3 is 10.2 Å². The van der Waals surface area contributed by atoms with Crippen LogP contribution in [0.1, 0.15) is 25.8 Å². The third kappa shape index (κ3) is 2.86. The molecule has 0 aliphatic carbocycles. The van der Waals surface area contributed by atoms with Gasteiger partial charge in [-0.3, -0.25) is 4.90 Å². The number of nitrogens with one attached hydrogen (secondary N) is 1. The van der Waals surface area contributed by atoms with Crippen LogP contribution in [-0.4, -0.2) is 48.1 Å². The van der Waals surface area contributed by atoms with Crippen molar-refractivity contribution in [3.63, 3.8) is 0 Å². The zero-order valence-electron chi connectivity index (χ0n) is 12.8. The van der Waals surface area contributed by atoms with Crippen molar-refractivity contribution in [2.45, 2.75) is 38.5 Å². The molecule has 1 aromatic rings. The van der Waals surface area contributed by atoms with Gasteiger partial charge in [0, 0.05) is 44.5 Å². The number of piperazine rings is 1. The van der Waals surface area contributed by atoms with E-state index in [-0.39, 0.29) is 0 Å². The Morgan fingerprint density at radius 1 is 1.32 bits per heavy atom. The highest BCUT2D eigenvalue weighted by atomic mass is 19.4. The van der Waals surface area contributed by atoms with E-state index in [9.17, 15) is 13.2 Å². The van der Waals surface area contributed by atoms with Crippen LogP contribution >= 0.6 is 0 Å². The Bertz CT molecular complexity index is 544. The van der Waals surface area contributed by atoms with Crippen molar-refractivity contribution < 1.29 is 13.2 Å². The highest BCUT2D eigenvalue weighted by molar-refractivity contribution is 5.68. The summed E-state index contributed by atoms with van der Waals surface area (Å²) >= 11 is 0. The largest absolute Gasteiger partial charge is 0.417 e. The fraction of sp³-hybridized carbons (Fsp3) is 0.667. The molecule has 0 aromatic carbocycles. The van der Waals surface area contributed by atoms with Gasteiger partial charge in [-0.2, -0.15) is 13.2 Å². The molecule has 22 heavy (non-hydrogen) atoms. The number of hydrogen-bond donors (Lipinski definition) is 1. The van der Waals surface area contributed by atoms with Gasteiger partial charge in [0.15, 0.2) is 5.82 Å². The van der Waals surface area contributed by atoms with E-state index in [1.807, 2.05) is 0 Å². The summed E-state index contributed by atoms with van der Waals surface area (Å²) < 4.78 is 38.5. The predicted molar refractivity (Wildman–Crippen MR) is 80.2 cm³/mol. The average Bonchev–Trinajstić information content (AvgIpc) is 2.64. The van der Waals surface area contributed by atoms with Crippen LogP contribution < -0.4 is 10.2 Å². The van der Waals surface area contributed by atoms with Crippen molar-refractivity contribution in [3.05, 3.63) is 17.8 Å². The molecular formula is C15H21F3N4. The van der Waals surface area contributed by atoms with Gasteiger partial charge in [-0.15, -0.1) is 0 Å². The van der Waals surface area contributed by atoms with Crippen molar-refractivity contribution in [1.29, 1.82) is 0 Å². The Morgan fingerprint density at radius 3 is 2.77 bits per heavy atom. The minimum atomic E-state index is -4.36. The first-order valence-corrected chi connectivity index (χ1v) is 7.68. The lowest BCUT2D eigenvalue weighted by molar-refractivity contribution is -0.137. The topological polar surface area (TPSA) is 31.4 Å². The maximum atomic E-state index is 12.8. The smallest absolute Gasteiger partial charge is 0.382 e. The van der Waals surface area contributed by atoms with Gasteiger partial charge in [-0.05, 0) is 26.3 Å². The van der Waals surface area contributed by atoms with Crippen molar-refractivity contribution in [2.75, 3.05) is 36.4 Å². The molecule has 7 heteroatoms. The van der Waals surface area contributed by atoms with E-state index in [1.165, 1.54) is 6.07 Å². The van der Waals surface area contributed by atoms with E-state index in [0.29, 0.717) is 30.1 Å². The number of nitrogens with zero attached hydrogens (tertiary/aromatic N) is 3. The molecular weight excluding hydrogens is 293 g/mol. The first-order chi connectivity index (χ1) is 10.4. The highest BCUT2D eigenvalue weighted by Gasteiger charge is 2.35. The minimum absolute atomic E-state index is 0.300. The molecule has 122 valence electrons. The molecule has 1 N–H and O–H groups in total. The van der Waals surface area contributed by atoms with Crippen LogP contribution in [0.2, 0.25) is 0 Å². The zero-order valence-corrected chi connectivity index (χ0v) is 12.8. The molecule has 3 heterocycles.